The van der Waals surface area contributed by atoms with E-state index in [-0.39, 0.29) is 41.1 Å². The van der Waals surface area contributed by atoms with Crippen molar-refractivity contribution >= 4 is 23.6 Å². The molecule has 0 aromatic heterocycles. The molecule has 2 saturated heterocycles. The van der Waals surface area contributed by atoms with E-state index in [2.05, 4.69) is 33.0 Å². The Kier molecular flexibility index (Phi) is 8.51. The fraction of sp³-hybridized carbons (Fsp3) is 0.917. The van der Waals surface area contributed by atoms with E-state index < -0.39 is 18.1 Å². The number of carbonyl (C=O) groups is 2. The zero-order chi connectivity index (χ0) is 23.5. The van der Waals surface area contributed by atoms with E-state index in [4.69, 9.17) is 30.5 Å². The van der Waals surface area contributed by atoms with Gasteiger partial charge < -0.3 is 18.9 Å². The number of alkyl halides is 1. The van der Waals surface area contributed by atoms with Gasteiger partial charge in [-0.15, -0.1) is 11.6 Å². The SMILES string of the molecule is CCCCC[C@@H]1C[C@]2(CO2)[C@@H](C2(C)O[C@@H]2CCC(C)C)[C@H](OC)[C@@H]1OC(=O)NC(=O)CCl. The van der Waals surface area contributed by atoms with Gasteiger partial charge in [0.2, 0.25) is 5.91 Å². The summed E-state index contributed by atoms with van der Waals surface area (Å²) >= 11 is 5.54. The van der Waals surface area contributed by atoms with E-state index in [1.807, 2.05) is 0 Å². The third kappa shape index (κ3) is 5.60. The lowest BCUT2D eigenvalue weighted by Gasteiger charge is -2.46. The molecule has 3 aliphatic rings. The molecule has 32 heavy (non-hydrogen) atoms. The van der Waals surface area contributed by atoms with E-state index in [0.717, 1.165) is 44.9 Å². The maximum Gasteiger partial charge on any atom is 0.414 e. The molecule has 0 aromatic rings. The van der Waals surface area contributed by atoms with Gasteiger partial charge in [-0.05, 0) is 38.5 Å². The zero-order valence-corrected chi connectivity index (χ0v) is 20.9. The number of epoxide rings is 2. The number of imide groups is 1. The monoisotopic (exact) mass is 473 g/mol. The lowest BCUT2D eigenvalue weighted by atomic mass is 9.63. The van der Waals surface area contributed by atoms with Crippen LogP contribution >= 0.6 is 11.6 Å². The standard InChI is InChI=1S/C24H40ClNO6/c1-6-7-8-9-16-12-24(14-30-24)21(23(4)17(32-23)11-10-15(2)3)20(29-5)19(16)31-22(28)26-18(27)13-25/h15-17,19-21H,6-14H2,1-5H3,(H,26,27,28)/t16-,17-,19-,20-,21-,23?,24+/m1/s1. The molecule has 7 atom stereocenters. The van der Waals surface area contributed by atoms with Crippen LogP contribution < -0.4 is 5.32 Å². The molecule has 1 N–H and O–H groups in total. The second kappa shape index (κ2) is 10.6. The summed E-state index contributed by atoms with van der Waals surface area (Å²) in [5.41, 5.74) is -0.661. The highest BCUT2D eigenvalue weighted by Crippen LogP contribution is 2.61. The number of nitrogens with one attached hydrogen (secondary N) is 1. The zero-order valence-electron chi connectivity index (χ0n) is 20.2. The minimum absolute atomic E-state index is 0.0406. The molecule has 8 heteroatoms. The van der Waals surface area contributed by atoms with Crippen molar-refractivity contribution in [2.45, 2.75) is 102 Å². The number of carbonyl (C=O) groups excluding carboxylic acids is 2. The number of methoxy groups -OCH3 is 1. The summed E-state index contributed by atoms with van der Waals surface area (Å²) in [7, 11) is 1.66. The number of halogens is 1. The second-order valence-corrected chi connectivity index (χ2v) is 10.6. The molecule has 2 amide bonds. The number of ether oxygens (including phenoxy) is 4. The van der Waals surface area contributed by atoms with Crippen LogP contribution in [0.5, 0.6) is 0 Å². The lowest BCUT2D eigenvalue weighted by Crippen LogP contribution is -2.59. The van der Waals surface area contributed by atoms with Gasteiger partial charge in [0, 0.05) is 13.0 Å². The lowest BCUT2D eigenvalue weighted by molar-refractivity contribution is -0.144. The number of unbranched alkanes of at least 4 members (excludes halogenated alkanes) is 2. The first-order valence-corrected chi connectivity index (χ1v) is 12.6. The molecule has 184 valence electrons. The summed E-state index contributed by atoms with van der Waals surface area (Å²) in [6, 6.07) is 0. The summed E-state index contributed by atoms with van der Waals surface area (Å²) in [6.45, 7) is 9.43. The van der Waals surface area contributed by atoms with Crippen LogP contribution in [0.15, 0.2) is 0 Å². The summed E-state index contributed by atoms with van der Waals surface area (Å²) < 4.78 is 24.3. The minimum Gasteiger partial charge on any atom is -0.443 e. The van der Waals surface area contributed by atoms with Gasteiger partial charge in [-0.2, -0.15) is 0 Å². The number of rotatable bonds is 11. The van der Waals surface area contributed by atoms with Crippen LogP contribution in [-0.4, -0.2) is 61.1 Å². The Morgan fingerprint density at radius 1 is 1.22 bits per heavy atom. The van der Waals surface area contributed by atoms with E-state index in [1.165, 1.54) is 0 Å². The van der Waals surface area contributed by atoms with Crippen molar-refractivity contribution in [3.63, 3.8) is 0 Å². The predicted octanol–water partition coefficient (Wildman–Crippen LogP) is 4.44. The van der Waals surface area contributed by atoms with Crippen LogP contribution in [0.25, 0.3) is 0 Å². The number of hydrogen-bond acceptors (Lipinski definition) is 6. The first-order chi connectivity index (χ1) is 15.2. The third-order valence-corrected chi connectivity index (χ3v) is 7.71. The van der Waals surface area contributed by atoms with Gasteiger partial charge in [-0.25, -0.2) is 4.79 Å². The maximum atomic E-state index is 12.5. The van der Waals surface area contributed by atoms with Crippen molar-refractivity contribution in [1.82, 2.24) is 5.32 Å². The Bertz CT molecular complexity index is 669. The Balaban J connectivity index is 1.81. The summed E-state index contributed by atoms with van der Waals surface area (Å²) in [6.07, 6.45) is 5.62. The Morgan fingerprint density at radius 3 is 2.50 bits per heavy atom. The minimum atomic E-state index is -0.771. The number of alkyl carbamates (subject to hydrolysis) is 1. The van der Waals surface area contributed by atoms with Crippen molar-refractivity contribution in [2.75, 3.05) is 19.6 Å². The molecule has 0 radical (unpaired) electrons. The van der Waals surface area contributed by atoms with Crippen molar-refractivity contribution in [3.8, 4) is 0 Å². The second-order valence-electron chi connectivity index (χ2n) is 10.3. The van der Waals surface area contributed by atoms with Gasteiger partial charge in [0.05, 0.1) is 18.6 Å². The average molecular weight is 474 g/mol. The van der Waals surface area contributed by atoms with Crippen LogP contribution in [0, 0.1) is 17.8 Å². The molecule has 1 spiro atoms. The maximum absolute atomic E-state index is 12.5. The van der Waals surface area contributed by atoms with Crippen LogP contribution in [-0.2, 0) is 23.7 Å². The molecule has 1 saturated carbocycles. The summed E-state index contributed by atoms with van der Waals surface area (Å²) in [5, 5.41) is 2.21. The van der Waals surface area contributed by atoms with E-state index >= 15 is 0 Å². The van der Waals surface area contributed by atoms with Gasteiger partial charge in [0.1, 0.15) is 29.3 Å². The summed E-state index contributed by atoms with van der Waals surface area (Å²) in [4.78, 5) is 24.1. The first-order valence-electron chi connectivity index (χ1n) is 12.1. The molecule has 1 aliphatic carbocycles. The van der Waals surface area contributed by atoms with Crippen LogP contribution in [0.1, 0.15) is 72.6 Å². The van der Waals surface area contributed by atoms with Gasteiger partial charge in [0.25, 0.3) is 0 Å². The van der Waals surface area contributed by atoms with Crippen LogP contribution in [0.2, 0.25) is 0 Å². The van der Waals surface area contributed by atoms with E-state index in [9.17, 15) is 9.59 Å². The van der Waals surface area contributed by atoms with E-state index in [0.29, 0.717) is 12.5 Å². The van der Waals surface area contributed by atoms with Crippen molar-refractivity contribution in [2.24, 2.45) is 17.8 Å². The smallest absolute Gasteiger partial charge is 0.414 e. The van der Waals surface area contributed by atoms with Gasteiger partial charge in [0.15, 0.2) is 0 Å². The topological polar surface area (TPSA) is 89.7 Å². The highest BCUT2D eigenvalue weighted by atomic mass is 35.5. The molecule has 3 rings (SSSR count). The molecule has 1 unspecified atom stereocenters. The molecule has 3 fully saturated rings. The van der Waals surface area contributed by atoms with Crippen molar-refractivity contribution in [3.05, 3.63) is 0 Å². The fourth-order valence-electron chi connectivity index (χ4n) is 5.72. The van der Waals surface area contributed by atoms with Crippen LogP contribution in [0.3, 0.4) is 0 Å². The quantitative estimate of drug-likeness (QED) is 0.271. The highest BCUT2D eigenvalue weighted by Gasteiger charge is 2.73. The number of hydrogen-bond donors (Lipinski definition) is 1. The summed E-state index contributed by atoms with van der Waals surface area (Å²) in [5.74, 6) is -0.203. The molecule has 2 aliphatic heterocycles. The van der Waals surface area contributed by atoms with E-state index in [1.54, 1.807) is 7.11 Å². The highest BCUT2D eigenvalue weighted by molar-refractivity contribution is 6.28. The Morgan fingerprint density at radius 2 is 1.94 bits per heavy atom. The molecule has 7 nitrogen and oxygen atoms in total. The Hall–Kier alpha value is -0.890. The van der Waals surface area contributed by atoms with Gasteiger partial charge in [-0.3, -0.25) is 10.1 Å². The van der Waals surface area contributed by atoms with Gasteiger partial charge >= 0.3 is 6.09 Å². The van der Waals surface area contributed by atoms with Crippen molar-refractivity contribution < 1.29 is 28.5 Å². The molecule has 2 heterocycles. The molecular formula is C24H40ClNO6. The third-order valence-electron chi connectivity index (χ3n) is 7.47. The largest absolute Gasteiger partial charge is 0.443 e. The predicted molar refractivity (Wildman–Crippen MR) is 122 cm³/mol. The molecule has 0 bridgehead atoms. The van der Waals surface area contributed by atoms with Crippen LogP contribution in [0.4, 0.5) is 4.79 Å². The first kappa shape index (κ1) is 25.7. The Labute approximate surface area is 197 Å². The number of amides is 2. The van der Waals surface area contributed by atoms with Gasteiger partial charge in [-0.1, -0.05) is 40.0 Å². The molecule has 0 aromatic carbocycles. The average Bonchev–Trinajstić information content (AvgIpc) is 3.65. The molecular weight excluding hydrogens is 434 g/mol. The fourth-order valence-corrected chi connectivity index (χ4v) is 5.78. The van der Waals surface area contributed by atoms with Crippen molar-refractivity contribution in [1.29, 1.82) is 0 Å². The normalized spacial score (nSPS) is 38.0.